The number of methoxy groups -OCH3 is 1. The third-order valence-corrected chi connectivity index (χ3v) is 1.68. The predicted octanol–water partition coefficient (Wildman–Crippen LogP) is -0.645. The SMILES string of the molecule is CNC(=O)C(NC)C(C)OC. The van der Waals surface area contributed by atoms with Gasteiger partial charge in [0.25, 0.3) is 0 Å². The summed E-state index contributed by atoms with van der Waals surface area (Å²) >= 11 is 0. The van der Waals surface area contributed by atoms with E-state index in [-0.39, 0.29) is 18.1 Å². The van der Waals surface area contributed by atoms with Crippen LogP contribution in [0, 0.1) is 0 Å². The second-order valence-electron chi connectivity index (χ2n) is 2.32. The molecule has 0 aliphatic carbocycles. The van der Waals surface area contributed by atoms with Crippen molar-refractivity contribution in [3.63, 3.8) is 0 Å². The molecule has 66 valence electrons. The van der Waals surface area contributed by atoms with Crippen molar-refractivity contribution in [3.05, 3.63) is 0 Å². The number of hydrogen-bond donors (Lipinski definition) is 2. The number of carbonyl (C=O) groups is 1. The van der Waals surface area contributed by atoms with Crippen molar-refractivity contribution < 1.29 is 9.53 Å². The van der Waals surface area contributed by atoms with Gasteiger partial charge in [-0.25, -0.2) is 0 Å². The molecule has 1 amide bonds. The summed E-state index contributed by atoms with van der Waals surface area (Å²) in [6, 6.07) is -0.273. The van der Waals surface area contributed by atoms with Crippen LogP contribution >= 0.6 is 0 Å². The van der Waals surface area contributed by atoms with Gasteiger partial charge in [-0.05, 0) is 14.0 Å². The molecule has 2 unspecified atom stereocenters. The Labute approximate surface area is 67.3 Å². The lowest BCUT2D eigenvalue weighted by Gasteiger charge is -2.20. The Balaban J connectivity index is 4.03. The molecule has 0 saturated heterocycles. The first kappa shape index (κ1) is 10.4. The first-order chi connectivity index (χ1) is 5.17. The van der Waals surface area contributed by atoms with Crippen molar-refractivity contribution in [2.45, 2.75) is 19.1 Å². The van der Waals surface area contributed by atoms with Crippen LogP contribution in [0.1, 0.15) is 6.92 Å². The third kappa shape index (κ3) is 2.86. The maximum atomic E-state index is 11.1. The van der Waals surface area contributed by atoms with E-state index in [1.54, 1.807) is 21.2 Å². The van der Waals surface area contributed by atoms with Crippen LogP contribution in [-0.2, 0) is 9.53 Å². The largest absolute Gasteiger partial charge is 0.380 e. The highest BCUT2D eigenvalue weighted by molar-refractivity contribution is 5.82. The van der Waals surface area contributed by atoms with E-state index < -0.39 is 0 Å². The Hall–Kier alpha value is -0.610. The van der Waals surface area contributed by atoms with Gasteiger partial charge >= 0.3 is 0 Å². The van der Waals surface area contributed by atoms with Crippen LogP contribution in [0.15, 0.2) is 0 Å². The van der Waals surface area contributed by atoms with E-state index in [2.05, 4.69) is 10.6 Å². The summed E-state index contributed by atoms with van der Waals surface area (Å²) < 4.78 is 5.00. The van der Waals surface area contributed by atoms with Crippen molar-refractivity contribution in [1.82, 2.24) is 10.6 Å². The molecule has 0 spiro atoms. The van der Waals surface area contributed by atoms with Crippen LogP contribution in [-0.4, -0.2) is 39.3 Å². The second kappa shape index (κ2) is 5.09. The predicted molar refractivity (Wildman–Crippen MR) is 43.4 cm³/mol. The van der Waals surface area contributed by atoms with Gasteiger partial charge in [0, 0.05) is 14.2 Å². The first-order valence-corrected chi connectivity index (χ1v) is 3.59. The molecule has 0 aliphatic heterocycles. The molecule has 0 rings (SSSR count). The number of carbonyl (C=O) groups excluding carboxylic acids is 1. The lowest BCUT2D eigenvalue weighted by atomic mass is 10.2. The topological polar surface area (TPSA) is 50.4 Å². The minimum atomic E-state index is -0.273. The van der Waals surface area contributed by atoms with Crippen LogP contribution in [0.25, 0.3) is 0 Å². The van der Waals surface area contributed by atoms with E-state index in [1.165, 1.54) is 0 Å². The molecule has 0 bridgehead atoms. The summed E-state index contributed by atoms with van der Waals surface area (Å²) in [6.07, 6.45) is -0.111. The minimum Gasteiger partial charge on any atom is -0.380 e. The van der Waals surface area contributed by atoms with Crippen molar-refractivity contribution in [2.75, 3.05) is 21.2 Å². The van der Waals surface area contributed by atoms with Gasteiger partial charge in [0.2, 0.25) is 5.91 Å². The highest BCUT2D eigenvalue weighted by Crippen LogP contribution is 1.95. The maximum absolute atomic E-state index is 11.1. The average molecular weight is 160 g/mol. The zero-order chi connectivity index (χ0) is 8.85. The summed E-state index contributed by atoms with van der Waals surface area (Å²) in [5, 5.41) is 5.42. The summed E-state index contributed by atoms with van der Waals surface area (Å²) in [5.41, 5.74) is 0. The standard InChI is InChI=1S/C7H16N2O2/c1-5(11-4)6(8-2)7(10)9-3/h5-6,8H,1-4H3,(H,9,10). The molecule has 0 fully saturated rings. The second-order valence-corrected chi connectivity index (χ2v) is 2.32. The Kier molecular flexibility index (Phi) is 4.81. The van der Waals surface area contributed by atoms with Gasteiger partial charge in [-0.1, -0.05) is 0 Å². The molecule has 0 heterocycles. The summed E-state index contributed by atoms with van der Waals surface area (Å²) in [6.45, 7) is 1.84. The molecule has 0 aromatic heterocycles. The molecular weight excluding hydrogens is 144 g/mol. The van der Waals surface area contributed by atoms with Gasteiger partial charge in [0.15, 0.2) is 0 Å². The van der Waals surface area contributed by atoms with Crippen LogP contribution in [0.5, 0.6) is 0 Å². The maximum Gasteiger partial charge on any atom is 0.239 e. The van der Waals surface area contributed by atoms with Gasteiger partial charge in [-0.2, -0.15) is 0 Å². The molecule has 4 nitrogen and oxygen atoms in total. The molecule has 11 heavy (non-hydrogen) atoms. The normalized spacial score (nSPS) is 15.6. The highest BCUT2D eigenvalue weighted by atomic mass is 16.5. The number of rotatable bonds is 4. The van der Waals surface area contributed by atoms with Crippen molar-refractivity contribution in [2.24, 2.45) is 0 Å². The molecule has 0 aromatic carbocycles. The quantitative estimate of drug-likeness (QED) is 0.575. The monoisotopic (exact) mass is 160 g/mol. The number of hydrogen-bond acceptors (Lipinski definition) is 3. The lowest BCUT2D eigenvalue weighted by molar-refractivity contribution is -0.125. The molecular formula is C7H16N2O2. The summed E-state index contributed by atoms with van der Waals surface area (Å²) in [5.74, 6) is -0.0538. The van der Waals surface area contributed by atoms with Crippen LogP contribution < -0.4 is 10.6 Å². The number of amides is 1. The average Bonchev–Trinajstić information content (AvgIpc) is 2.05. The van der Waals surface area contributed by atoms with E-state index >= 15 is 0 Å². The first-order valence-electron chi connectivity index (χ1n) is 3.59. The molecule has 4 heteroatoms. The third-order valence-electron chi connectivity index (χ3n) is 1.68. The number of likely N-dealkylation sites (N-methyl/N-ethyl adjacent to an activating group) is 2. The highest BCUT2D eigenvalue weighted by Gasteiger charge is 2.21. The minimum absolute atomic E-state index is 0.0538. The van der Waals surface area contributed by atoms with E-state index in [4.69, 9.17) is 4.74 Å². The summed E-state index contributed by atoms with van der Waals surface area (Å²) in [4.78, 5) is 11.1. The zero-order valence-corrected chi connectivity index (χ0v) is 7.47. The Morgan fingerprint density at radius 3 is 2.27 bits per heavy atom. The fraction of sp³-hybridized carbons (Fsp3) is 0.857. The Morgan fingerprint density at radius 1 is 1.45 bits per heavy atom. The molecule has 0 saturated carbocycles. The van der Waals surface area contributed by atoms with Crippen molar-refractivity contribution in [1.29, 1.82) is 0 Å². The van der Waals surface area contributed by atoms with Gasteiger partial charge in [-0.3, -0.25) is 4.79 Å². The Morgan fingerprint density at radius 2 is 2.00 bits per heavy atom. The van der Waals surface area contributed by atoms with Crippen LogP contribution in [0.2, 0.25) is 0 Å². The summed E-state index contributed by atoms with van der Waals surface area (Å²) in [7, 11) is 4.92. The zero-order valence-electron chi connectivity index (χ0n) is 7.47. The van der Waals surface area contributed by atoms with Crippen molar-refractivity contribution >= 4 is 5.91 Å². The van der Waals surface area contributed by atoms with E-state index in [1.807, 2.05) is 6.92 Å². The van der Waals surface area contributed by atoms with Crippen LogP contribution in [0.3, 0.4) is 0 Å². The van der Waals surface area contributed by atoms with E-state index in [0.29, 0.717) is 0 Å². The van der Waals surface area contributed by atoms with E-state index in [0.717, 1.165) is 0 Å². The van der Waals surface area contributed by atoms with Gasteiger partial charge in [0.1, 0.15) is 6.04 Å². The van der Waals surface area contributed by atoms with Gasteiger partial charge < -0.3 is 15.4 Å². The molecule has 0 aliphatic rings. The lowest BCUT2D eigenvalue weighted by Crippen LogP contribution is -2.48. The fourth-order valence-electron chi connectivity index (χ4n) is 0.871. The van der Waals surface area contributed by atoms with Gasteiger partial charge in [-0.15, -0.1) is 0 Å². The van der Waals surface area contributed by atoms with Crippen molar-refractivity contribution in [3.8, 4) is 0 Å². The fourth-order valence-corrected chi connectivity index (χ4v) is 0.871. The van der Waals surface area contributed by atoms with Gasteiger partial charge in [0.05, 0.1) is 6.10 Å². The van der Waals surface area contributed by atoms with Crippen LogP contribution in [0.4, 0.5) is 0 Å². The smallest absolute Gasteiger partial charge is 0.239 e. The molecule has 2 atom stereocenters. The Bertz CT molecular complexity index is 128. The molecule has 2 N–H and O–H groups in total. The molecule has 0 radical (unpaired) electrons. The van der Waals surface area contributed by atoms with E-state index in [9.17, 15) is 4.79 Å². The number of nitrogens with one attached hydrogen (secondary N) is 2. The molecule has 0 aromatic rings. The number of ether oxygens (including phenoxy) is 1.